The largest absolute Gasteiger partial charge is 0.444 e. The maximum atomic E-state index is 12.8. The van der Waals surface area contributed by atoms with E-state index in [1.165, 1.54) is 4.90 Å². The number of hydrogen-bond donors (Lipinski definition) is 2. The molecule has 0 bridgehead atoms. The number of carbonyl (C=O) groups is 1. The number of aliphatic hydroxyl groups excluding tert-OH is 2. The Labute approximate surface area is 149 Å². The second-order valence-corrected chi connectivity index (χ2v) is 8.49. The molecule has 0 radical (unpaired) electrons. The van der Waals surface area contributed by atoms with E-state index < -0.39 is 54.2 Å². The van der Waals surface area contributed by atoms with Crippen molar-refractivity contribution < 1.29 is 34.0 Å². The molecule has 2 fully saturated rings. The fraction of sp³-hybridized carbons (Fsp3) is 0.941. The molecule has 2 N–H and O–H groups in total. The number of ether oxygens (including phenoxy) is 4. The average molecular weight is 361 g/mol. The number of aliphatic hydroxyl groups is 2. The van der Waals surface area contributed by atoms with E-state index in [4.69, 9.17) is 18.9 Å². The van der Waals surface area contributed by atoms with Crippen LogP contribution in [0.25, 0.3) is 0 Å². The summed E-state index contributed by atoms with van der Waals surface area (Å²) in [4.78, 5) is 14.3. The summed E-state index contributed by atoms with van der Waals surface area (Å²) in [5.41, 5.74) is -1.55. The Morgan fingerprint density at radius 2 is 1.88 bits per heavy atom. The van der Waals surface area contributed by atoms with Gasteiger partial charge in [0.05, 0.1) is 19.3 Å². The quantitative estimate of drug-likeness (QED) is 0.780. The lowest BCUT2D eigenvalue weighted by molar-refractivity contribution is -0.159. The van der Waals surface area contributed by atoms with Gasteiger partial charge in [0.2, 0.25) is 0 Å². The number of rotatable bonds is 3. The van der Waals surface area contributed by atoms with Gasteiger partial charge in [0.15, 0.2) is 5.79 Å². The van der Waals surface area contributed by atoms with Crippen LogP contribution in [0, 0.1) is 0 Å². The molecule has 2 aliphatic rings. The molecular formula is C17H31NO7. The predicted molar refractivity (Wildman–Crippen MR) is 88.8 cm³/mol. The fourth-order valence-electron chi connectivity index (χ4n) is 3.26. The van der Waals surface area contributed by atoms with E-state index in [2.05, 4.69) is 0 Å². The topological polar surface area (TPSA) is 97.7 Å². The van der Waals surface area contributed by atoms with Crippen molar-refractivity contribution in [2.24, 2.45) is 0 Å². The molecule has 146 valence electrons. The highest BCUT2D eigenvalue weighted by Crippen LogP contribution is 2.39. The summed E-state index contributed by atoms with van der Waals surface area (Å²) in [5.74, 6) is -0.947. The lowest BCUT2D eigenvalue weighted by atomic mass is 10.0. The standard InChI is InChI=1S/C17H31NO7/c1-15(2,3)25-14(21)18-10(9-22-16(18,4)5)12-13(11(20)8-19)24-17(6,7)23-12/h10-13,19-20H,8-9H2,1-7H3/t10-,11+,12-,13+/m0/s1. The zero-order valence-corrected chi connectivity index (χ0v) is 16.1. The summed E-state index contributed by atoms with van der Waals surface area (Å²) in [6.07, 6.45) is -3.10. The maximum absolute atomic E-state index is 12.8. The molecule has 8 nitrogen and oxygen atoms in total. The minimum Gasteiger partial charge on any atom is -0.444 e. The SMILES string of the molecule is CC(C)(C)OC(=O)N1[C@H]([C@@H]2OC(C)(C)O[C@@H]2[C@H](O)CO)COC1(C)C. The third-order valence-corrected chi connectivity index (χ3v) is 4.22. The first-order valence-electron chi connectivity index (χ1n) is 8.58. The zero-order chi connectivity index (χ0) is 19.2. The molecule has 0 saturated carbocycles. The summed E-state index contributed by atoms with van der Waals surface area (Å²) in [6.45, 7) is 12.1. The summed E-state index contributed by atoms with van der Waals surface area (Å²) in [5, 5.41) is 19.5. The van der Waals surface area contributed by atoms with Crippen LogP contribution in [0.3, 0.4) is 0 Å². The van der Waals surface area contributed by atoms with Gasteiger partial charge in [-0.2, -0.15) is 0 Å². The van der Waals surface area contributed by atoms with Crippen LogP contribution in [0.4, 0.5) is 4.79 Å². The molecule has 2 saturated heterocycles. The molecular weight excluding hydrogens is 330 g/mol. The smallest absolute Gasteiger partial charge is 0.412 e. The molecule has 8 heteroatoms. The van der Waals surface area contributed by atoms with Gasteiger partial charge in [-0.05, 0) is 48.5 Å². The molecule has 0 unspecified atom stereocenters. The van der Waals surface area contributed by atoms with Crippen molar-refractivity contribution in [2.75, 3.05) is 13.2 Å². The highest BCUT2D eigenvalue weighted by Gasteiger charge is 2.56. The molecule has 0 spiro atoms. The number of amides is 1. The molecule has 2 heterocycles. The number of hydrogen-bond acceptors (Lipinski definition) is 7. The summed E-state index contributed by atoms with van der Waals surface area (Å²) in [7, 11) is 0. The Hall–Kier alpha value is -0.930. The third kappa shape index (κ3) is 4.43. The first-order valence-corrected chi connectivity index (χ1v) is 8.58. The first kappa shape index (κ1) is 20.4. The van der Waals surface area contributed by atoms with Crippen LogP contribution in [-0.4, -0.2) is 75.9 Å². The van der Waals surface area contributed by atoms with Crippen LogP contribution < -0.4 is 0 Å². The van der Waals surface area contributed by atoms with Crippen molar-refractivity contribution in [1.82, 2.24) is 4.90 Å². The Morgan fingerprint density at radius 1 is 1.28 bits per heavy atom. The number of nitrogens with zero attached hydrogens (tertiary/aromatic N) is 1. The Bertz CT molecular complexity index is 500. The molecule has 0 aromatic heterocycles. The van der Waals surface area contributed by atoms with E-state index in [1.807, 2.05) is 0 Å². The van der Waals surface area contributed by atoms with Crippen molar-refractivity contribution in [1.29, 1.82) is 0 Å². The van der Waals surface area contributed by atoms with Crippen LogP contribution in [0.15, 0.2) is 0 Å². The van der Waals surface area contributed by atoms with Gasteiger partial charge in [0.1, 0.15) is 29.6 Å². The predicted octanol–water partition coefficient (Wildman–Crippen LogP) is 1.23. The van der Waals surface area contributed by atoms with E-state index in [0.717, 1.165) is 0 Å². The first-order chi connectivity index (χ1) is 11.3. The van der Waals surface area contributed by atoms with Gasteiger partial charge in [0.25, 0.3) is 0 Å². The minimum atomic E-state index is -1.13. The third-order valence-electron chi connectivity index (χ3n) is 4.22. The normalized spacial score (nSPS) is 32.7. The van der Waals surface area contributed by atoms with E-state index in [0.29, 0.717) is 0 Å². The van der Waals surface area contributed by atoms with E-state index in [-0.39, 0.29) is 6.61 Å². The van der Waals surface area contributed by atoms with Gasteiger partial charge in [0, 0.05) is 0 Å². The van der Waals surface area contributed by atoms with Gasteiger partial charge in [-0.3, -0.25) is 4.90 Å². The highest BCUT2D eigenvalue weighted by atomic mass is 16.8. The van der Waals surface area contributed by atoms with Crippen LogP contribution in [0.1, 0.15) is 48.5 Å². The number of carbonyl (C=O) groups excluding carboxylic acids is 1. The van der Waals surface area contributed by atoms with Crippen molar-refractivity contribution >= 4 is 6.09 Å². The monoisotopic (exact) mass is 361 g/mol. The Kier molecular flexibility index (Phi) is 5.43. The molecule has 0 aromatic carbocycles. The minimum absolute atomic E-state index is 0.213. The lowest BCUT2D eigenvalue weighted by Gasteiger charge is -2.37. The van der Waals surface area contributed by atoms with Gasteiger partial charge in [-0.1, -0.05) is 0 Å². The molecule has 0 aliphatic carbocycles. The Balaban J connectivity index is 2.30. The van der Waals surface area contributed by atoms with Crippen LogP contribution in [0.2, 0.25) is 0 Å². The molecule has 0 aromatic rings. The molecule has 4 atom stereocenters. The zero-order valence-electron chi connectivity index (χ0n) is 16.1. The summed E-state index contributed by atoms with van der Waals surface area (Å²) < 4.78 is 23.0. The van der Waals surface area contributed by atoms with E-state index in [9.17, 15) is 15.0 Å². The summed E-state index contributed by atoms with van der Waals surface area (Å²) in [6, 6.07) is -0.516. The Morgan fingerprint density at radius 3 is 2.40 bits per heavy atom. The van der Waals surface area contributed by atoms with Gasteiger partial charge >= 0.3 is 6.09 Å². The van der Waals surface area contributed by atoms with Crippen LogP contribution >= 0.6 is 0 Å². The molecule has 2 aliphatic heterocycles. The van der Waals surface area contributed by atoms with Crippen molar-refractivity contribution in [2.45, 2.75) is 89.9 Å². The van der Waals surface area contributed by atoms with Crippen LogP contribution in [0.5, 0.6) is 0 Å². The van der Waals surface area contributed by atoms with Gasteiger partial charge in [-0.15, -0.1) is 0 Å². The second-order valence-electron chi connectivity index (χ2n) is 8.49. The van der Waals surface area contributed by atoms with Crippen molar-refractivity contribution in [3.63, 3.8) is 0 Å². The van der Waals surface area contributed by atoms with E-state index >= 15 is 0 Å². The summed E-state index contributed by atoms with van der Waals surface area (Å²) >= 11 is 0. The molecule has 2 rings (SSSR count). The fourth-order valence-corrected chi connectivity index (χ4v) is 3.26. The van der Waals surface area contributed by atoms with Gasteiger partial charge in [-0.25, -0.2) is 4.79 Å². The lowest BCUT2D eigenvalue weighted by Crippen LogP contribution is -2.56. The molecule has 1 amide bonds. The van der Waals surface area contributed by atoms with E-state index in [1.54, 1.807) is 48.5 Å². The second kappa shape index (κ2) is 6.66. The van der Waals surface area contributed by atoms with Crippen LogP contribution in [-0.2, 0) is 18.9 Å². The average Bonchev–Trinajstić information content (AvgIpc) is 2.91. The molecule has 25 heavy (non-hydrogen) atoms. The van der Waals surface area contributed by atoms with Crippen molar-refractivity contribution in [3.05, 3.63) is 0 Å². The van der Waals surface area contributed by atoms with Crippen molar-refractivity contribution in [3.8, 4) is 0 Å². The maximum Gasteiger partial charge on any atom is 0.412 e. The van der Waals surface area contributed by atoms with Gasteiger partial charge < -0.3 is 29.2 Å². The highest BCUT2D eigenvalue weighted by molar-refractivity contribution is 5.70.